The van der Waals surface area contributed by atoms with Crippen molar-refractivity contribution in [3.63, 3.8) is 0 Å². The smallest absolute Gasteiger partial charge is 0.112 e. The first-order valence-corrected chi connectivity index (χ1v) is 5.01. The summed E-state index contributed by atoms with van der Waals surface area (Å²) in [5.74, 6) is 0.917. The lowest BCUT2D eigenvalue weighted by molar-refractivity contribution is -0.164. The Kier molecular flexibility index (Phi) is 1.24. The van der Waals surface area contributed by atoms with Crippen molar-refractivity contribution in [2.75, 3.05) is 0 Å². The maximum absolute atomic E-state index is 13.9. The summed E-state index contributed by atoms with van der Waals surface area (Å²) in [7, 11) is 0. The Morgan fingerprint density at radius 2 is 1.67 bits per heavy atom. The van der Waals surface area contributed by atoms with Crippen LogP contribution in [0.5, 0.6) is 0 Å². The van der Waals surface area contributed by atoms with Gasteiger partial charge in [-0.15, -0.1) is 0 Å². The van der Waals surface area contributed by atoms with E-state index >= 15 is 0 Å². The minimum atomic E-state index is -0.919. The first-order chi connectivity index (χ1) is 5.66. The molecular weight excluding hydrogens is 155 g/mol. The van der Waals surface area contributed by atoms with Crippen molar-refractivity contribution in [3.05, 3.63) is 0 Å². The van der Waals surface area contributed by atoms with Crippen molar-refractivity contribution in [1.82, 2.24) is 0 Å². The molecule has 4 saturated carbocycles. The SMILES string of the molecule is [O]C1[C@@H]2CC3C[C@H]1CC(F)(C3)C2. The molecule has 1 nitrogen and oxygen atoms in total. The van der Waals surface area contributed by atoms with Gasteiger partial charge < -0.3 is 0 Å². The van der Waals surface area contributed by atoms with Crippen LogP contribution >= 0.6 is 0 Å². The van der Waals surface area contributed by atoms with E-state index < -0.39 is 11.8 Å². The van der Waals surface area contributed by atoms with Gasteiger partial charge in [0, 0.05) is 0 Å². The molecule has 3 unspecified atom stereocenters. The van der Waals surface area contributed by atoms with Crippen LogP contribution in [0, 0.1) is 17.8 Å². The molecule has 67 valence electrons. The van der Waals surface area contributed by atoms with E-state index in [1.54, 1.807) is 0 Å². The second kappa shape index (κ2) is 2.03. The van der Waals surface area contributed by atoms with Crippen LogP contribution in [0.3, 0.4) is 0 Å². The lowest BCUT2D eigenvalue weighted by Crippen LogP contribution is -2.54. The third kappa shape index (κ3) is 0.819. The Morgan fingerprint density at radius 3 is 2.17 bits per heavy atom. The average Bonchev–Trinajstić information content (AvgIpc) is 1.96. The van der Waals surface area contributed by atoms with Crippen molar-refractivity contribution < 1.29 is 9.50 Å². The van der Waals surface area contributed by atoms with Crippen molar-refractivity contribution >= 4 is 0 Å². The van der Waals surface area contributed by atoms with Crippen LogP contribution in [0.4, 0.5) is 4.39 Å². The first-order valence-electron chi connectivity index (χ1n) is 5.01. The minimum absolute atomic E-state index is 0.182. The van der Waals surface area contributed by atoms with E-state index in [9.17, 15) is 9.50 Å². The fourth-order valence-electron chi connectivity index (χ4n) is 3.88. The Balaban J connectivity index is 1.95. The molecule has 5 atom stereocenters. The molecular formula is C10H14FO. The Hall–Kier alpha value is -0.110. The third-order valence-corrected chi connectivity index (χ3v) is 4.11. The van der Waals surface area contributed by atoms with Crippen LogP contribution in [-0.2, 0) is 5.11 Å². The maximum Gasteiger partial charge on any atom is 0.112 e. The second-order valence-electron chi connectivity index (χ2n) is 5.09. The quantitative estimate of drug-likeness (QED) is 0.530. The molecule has 0 spiro atoms. The van der Waals surface area contributed by atoms with E-state index in [1.165, 1.54) is 0 Å². The molecule has 1 radical (unpaired) electrons. The van der Waals surface area contributed by atoms with Gasteiger partial charge in [0.15, 0.2) is 0 Å². The number of hydrogen-bond acceptors (Lipinski definition) is 0. The minimum Gasteiger partial charge on any atom is -0.244 e. The van der Waals surface area contributed by atoms with Crippen LogP contribution in [-0.4, -0.2) is 11.8 Å². The molecule has 2 heteroatoms. The predicted octanol–water partition coefficient (Wildman–Crippen LogP) is 2.33. The van der Waals surface area contributed by atoms with Crippen LogP contribution in [0.25, 0.3) is 0 Å². The van der Waals surface area contributed by atoms with Crippen LogP contribution in [0.2, 0.25) is 0 Å². The van der Waals surface area contributed by atoms with Crippen LogP contribution in [0.15, 0.2) is 0 Å². The normalized spacial score (nSPS) is 62.5. The molecule has 4 aliphatic rings. The number of alkyl halides is 1. The summed E-state index contributed by atoms with van der Waals surface area (Å²) < 4.78 is 13.9. The molecule has 0 aromatic heterocycles. The summed E-state index contributed by atoms with van der Waals surface area (Å²) in [5.41, 5.74) is -0.919. The Bertz CT molecular complexity index is 200. The molecule has 12 heavy (non-hydrogen) atoms. The van der Waals surface area contributed by atoms with E-state index in [0.29, 0.717) is 18.8 Å². The number of halogens is 1. The van der Waals surface area contributed by atoms with E-state index in [1.807, 2.05) is 0 Å². The fourth-order valence-corrected chi connectivity index (χ4v) is 3.88. The summed E-state index contributed by atoms with van der Waals surface area (Å²) in [6.45, 7) is 0. The van der Waals surface area contributed by atoms with Crippen molar-refractivity contribution in [2.24, 2.45) is 17.8 Å². The fraction of sp³-hybridized carbons (Fsp3) is 1.00. The summed E-state index contributed by atoms with van der Waals surface area (Å²) in [5, 5.41) is 11.6. The standard InChI is InChI=1S/C10H14FO/c11-10-3-6-1-7(4-10)9(12)8(2-6)5-10/h6-9H,1-5H2/t6?,7-,8+,9?,10?. The summed E-state index contributed by atoms with van der Waals surface area (Å²) in [6.07, 6.45) is 3.53. The highest BCUT2D eigenvalue weighted by Gasteiger charge is 2.56. The molecule has 4 bridgehead atoms. The van der Waals surface area contributed by atoms with Gasteiger partial charge >= 0.3 is 0 Å². The number of hydrogen-bond donors (Lipinski definition) is 0. The zero-order chi connectivity index (χ0) is 8.34. The molecule has 0 amide bonds. The van der Waals surface area contributed by atoms with Gasteiger partial charge in [-0.05, 0) is 49.9 Å². The van der Waals surface area contributed by atoms with Gasteiger partial charge in [0.25, 0.3) is 0 Å². The maximum atomic E-state index is 13.9. The van der Waals surface area contributed by atoms with Crippen molar-refractivity contribution in [1.29, 1.82) is 0 Å². The first kappa shape index (κ1) is 7.31. The highest BCUT2D eigenvalue weighted by Crippen LogP contribution is 2.57. The average molecular weight is 169 g/mol. The van der Waals surface area contributed by atoms with Gasteiger partial charge in [0.1, 0.15) is 5.67 Å². The highest BCUT2D eigenvalue weighted by atomic mass is 19.1. The Morgan fingerprint density at radius 1 is 1.08 bits per heavy atom. The molecule has 0 saturated heterocycles. The summed E-state index contributed by atoms with van der Waals surface area (Å²) in [6, 6.07) is 0. The monoisotopic (exact) mass is 169 g/mol. The van der Waals surface area contributed by atoms with Gasteiger partial charge in [-0.1, -0.05) is 0 Å². The van der Waals surface area contributed by atoms with Gasteiger partial charge in [0.2, 0.25) is 0 Å². The lowest BCUT2D eigenvalue weighted by Gasteiger charge is -2.54. The van der Waals surface area contributed by atoms with Gasteiger partial charge in [0.05, 0.1) is 6.10 Å². The highest BCUT2D eigenvalue weighted by molar-refractivity contribution is 5.05. The van der Waals surface area contributed by atoms with E-state index in [4.69, 9.17) is 0 Å². The largest absolute Gasteiger partial charge is 0.244 e. The van der Waals surface area contributed by atoms with Crippen LogP contribution < -0.4 is 0 Å². The van der Waals surface area contributed by atoms with E-state index in [2.05, 4.69) is 0 Å². The zero-order valence-electron chi connectivity index (χ0n) is 7.13. The van der Waals surface area contributed by atoms with E-state index in [0.717, 1.165) is 19.3 Å². The van der Waals surface area contributed by atoms with Crippen molar-refractivity contribution in [2.45, 2.75) is 43.9 Å². The molecule has 0 aliphatic heterocycles. The van der Waals surface area contributed by atoms with Gasteiger partial charge in [-0.3, -0.25) is 0 Å². The van der Waals surface area contributed by atoms with Gasteiger partial charge in [-0.2, -0.15) is 0 Å². The van der Waals surface area contributed by atoms with E-state index in [-0.39, 0.29) is 11.8 Å². The molecule has 0 aromatic rings. The topological polar surface area (TPSA) is 19.9 Å². The molecule has 4 aliphatic carbocycles. The molecule has 0 aromatic carbocycles. The lowest BCUT2D eigenvalue weighted by atomic mass is 9.54. The predicted molar refractivity (Wildman–Crippen MR) is 41.9 cm³/mol. The molecule has 0 N–H and O–H groups in total. The molecule has 4 fully saturated rings. The molecule has 4 rings (SSSR count). The molecule has 0 heterocycles. The zero-order valence-corrected chi connectivity index (χ0v) is 7.13. The Labute approximate surface area is 72.0 Å². The van der Waals surface area contributed by atoms with Crippen LogP contribution in [0.1, 0.15) is 32.1 Å². The van der Waals surface area contributed by atoms with Gasteiger partial charge in [-0.25, -0.2) is 9.50 Å². The second-order valence-corrected chi connectivity index (χ2v) is 5.09. The summed E-state index contributed by atoms with van der Waals surface area (Å²) >= 11 is 0. The third-order valence-electron chi connectivity index (χ3n) is 4.11. The van der Waals surface area contributed by atoms with Crippen molar-refractivity contribution in [3.8, 4) is 0 Å². The summed E-state index contributed by atoms with van der Waals surface area (Å²) in [4.78, 5) is 0. The number of rotatable bonds is 0.